The summed E-state index contributed by atoms with van der Waals surface area (Å²) in [5.41, 5.74) is 6.08. The van der Waals surface area contributed by atoms with Crippen molar-refractivity contribution in [1.29, 1.82) is 0 Å². The van der Waals surface area contributed by atoms with Crippen molar-refractivity contribution >= 4 is 12.7 Å². The number of halogens is 1. The third-order valence-corrected chi connectivity index (χ3v) is 4.80. The maximum Gasteiger partial charge on any atom is 0.158 e. The number of rotatable bonds is 6. The van der Waals surface area contributed by atoms with E-state index >= 15 is 0 Å². The van der Waals surface area contributed by atoms with Crippen molar-refractivity contribution in [3.8, 4) is 11.3 Å². The molecule has 0 spiro atoms. The molecule has 4 heteroatoms. The van der Waals surface area contributed by atoms with Gasteiger partial charge in [0.15, 0.2) is 7.28 Å². The molecule has 4 rings (SSSR count). The highest BCUT2D eigenvalue weighted by molar-refractivity contribution is 6.53. The minimum atomic E-state index is -0.138. The summed E-state index contributed by atoms with van der Waals surface area (Å²) in [6.07, 6.45) is 6.70. The predicted molar refractivity (Wildman–Crippen MR) is 122 cm³/mol. The summed E-state index contributed by atoms with van der Waals surface area (Å²) < 4.78 is 13.0. The van der Waals surface area contributed by atoms with E-state index in [0.717, 1.165) is 37.6 Å². The van der Waals surface area contributed by atoms with E-state index < -0.39 is 0 Å². The largest absolute Gasteiger partial charge is 0.345 e. The molecule has 4 aromatic rings. The highest BCUT2D eigenvalue weighted by Crippen LogP contribution is 2.13. The van der Waals surface area contributed by atoms with E-state index in [-0.39, 0.29) is 5.82 Å². The first-order valence-corrected chi connectivity index (χ1v) is 10.1. The summed E-state index contributed by atoms with van der Waals surface area (Å²) in [6.45, 7) is 2.17. The van der Waals surface area contributed by atoms with Gasteiger partial charge in [-0.1, -0.05) is 85.4 Å². The molecule has 0 saturated heterocycles. The molecule has 0 unspecified atom stereocenters. The van der Waals surface area contributed by atoms with Crippen molar-refractivity contribution in [2.75, 3.05) is 0 Å². The maximum atomic E-state index is 13.0. The fraction of sp³-hybridized carbons (Fsp3) is 0.160. The molecule has 2 nitrogen and oxygen atoms in total. The van der Waals surface area contributed by atoms with E-state index in [0.29, 0.717) is 0 Å². The lowest BCUT2D eigenvalue weighted by Crippen LogP contribution is -2.14. The maximum absolute atomic E-state index is 13.0. The smallest absolute Gasteiger partial charge is 0.158 e. The zero-order valence-corrected chi connectivity index (χ0v) is 16.8. The molecular weight excluding hydrogens is 358 g/mol. The first kappa shape index (κ1) is 20.6. The van der Waals surface area contributed by atoms with Gasteiger partial charge in [-0.05, 0) is 41.7 Å². The van der Waals surface area contributed by atoms with Gasteiger partial charge >= 0.3 is 0 Å². The Balaban J connectivity index is 0.000000186. The first-order valence-electron chi connectivity index (χ1n) is 10.1. The normalized spacial score (nSPS) is 10.1. The topological polar surface area (TPSA) is 28.7 Å². The Hall–Kier alpha value is -3.14. The Labute approximate surface area is 173 Å². The molecule has 0 amide bonds. The summed E-state index contributed by atoms with van der Waals surface area (Å²) in [5.74, 6) is -0.138. The number of aromatic nitrogens is 2. The number of nitrogens with one attached hydrogen (secondary N) is 1. The lowest BCUT2D eigenvalue weighted by atomic mass is 9.66. The van der Waals surface area contributed by atoms with Crippen LogP contribution in [0.2, 0.25) is 6.32 Å². The highest BCUT2D eigenvalue weighted by Gasteiger charge is 2.00. The second kappa shape index (κ2) is 11.0. The van der Waals surface area contributed by atoms with Crippen LogP contribution in [0.25, 0.3) is 11.3 Å². The van der Waals surface area contributed by atoms with Gasteiger partial charge in [0, 0.05) is 0 Å². The van der Waals surface area contributed by atoms with E-state index in [1.807, 2.05) is 42.6 Å². The zero-order valence-electron chi connectivity index (χ0n) is 16.8. The van der Waals surface area contributed by atoms with Gasteiger partial charge in [0.05, 0.1) is 18.2 Å². The second-order valence-electron chi connectivity index (χ2n) is 6.99. The molecule has 146 valence electrons. The number of aryl methyl sites for hydroxylation is 2. The summed E-state index contributed by atoms with van der Waals surface area (Å²) in [6, 6.07) is 25.7. The molecule has 0 atom stereocenters. The Kier molecular flexibility index (Phi) is 7.82. The van der Waals surface area contributed by atoms with Gasteiger partial charge in [-0.3, -0.25) is 0 Å². The standard InChI is InChI=1S/C16H18BF.C9H8N2/c1-2-13-5-3-6-14(11-13)9-10-17-15-7-4-8-16(18)12-15;1-2-4-8(5-3-1)9-6-10-7-11-9/h3-8,11-12,17H,2,9-10H2,1H3;1-7H,(H,10,11). The molecule has 1 aromatic heterocycles. The monoisotopic (exact) mass is 384 g/mol. The van der Waals surface area contributed by atoms with Crippen molar-refractivity contribution in [2.45, 2.75) is 26.1 Å². The van der Waals surface area contributed by atoms with Crippen LogP contribution in [0.3, 0.4) is 0 Å². The Morgan fingerprint density at radius 3 is 2.41 bits per heavy atom. The number of H-pyrrole nitrogens is 1. The second-order valence-corrected chi connectivity index (χ2v) is 6.99. The van der Waals surface area contributed by atoms with E-state index in [9.17, 15) is 4.39 Å². The van der Waals surface area contributed by atoms with Crippen LogP contribution in [0.4, 0.5) is 4.39 Å². The summed E-state index contributed by atoms with van der Waals surface area (Å²) >= 11 is 0. The molecule has 0 radical (unpaired) electrons. The van der Waals surface area contributed by atoms with Crippen LogP contribution < -0.4 is 5.46 Å². The molecule has 0 saturated carbocycles. The number of nitrogens with zero attached hydrogens (tertiary/aromatic N) is 1. The highest BCUT2D eigenvalue weighted by atomic mass is 19.1. The molecule has 1 N–H and O–H groups in total. The fourth-order valence-electron chi connectivity index (χ4n) is 3.23. The molecule has 29 heavy (non-hydrogen) atoms. The van der Waals surface area contributed by atoms with Gasteiger partial charge in [-0.15, -0.1) is 0 Å². The van der Waals surface area contributed by atoms with Gasteiger partial charge in [0.1, 0.15) is 5.82 Å². The zero-order chi connectivity index (χ0) is 20.3. The summed E-state index contributed by atoms with van der Waals surface area (Å²) in [4.78, 5) is 6.99. The minimum absolute atomic E-state index is 0.138. The Bertz CT molecular complexity index is 985. The van der Waals surface area contributed by atoms with Gasteiger partial charge < -0.3 is 4.98 Å². The van der Waals surface area contributed by atoms with Crippen molar-refractivity contribution in [3.63, 3.8) is 0 Å². The van der Waals surface area contributed by atoms with Crippen LogP contribution in [0.5, 0.6) is 0 Å². The average Bonchev–Trinajstić information content (AvgIpc) is 3.30. The van der Waals surface area contributed by atoms with Gasteiger partial charge in [0.2, 0.25) is 0 Å². The molecule has 1 heterocycles. The molecule has 0 aliphatic rings. The van der Waals surface area contributed by atoms with Crippen LogP contribution in [-0.2, 0) is 12.8 Å². The SMILES string of the molecule is CCc1cccc(CCBc2cccc(F)c2)c1.c1ccc(-c2cnc[nH]2)cc1. The summed E-state index contributed by atoms with van der Waals surface area (Å²) in [5, 5.41) is 0. The van der Waals surface area contributed by atoms with Crippen LogP contribution >= 0.6 is 0 Å². The Morgan fingerprint density at radius 2 is 1.69 bits per heavy atom. The molecule has 3 aromatic carbocycles. The molecular formula is C25H26BFN2. The molecule has 0 fully saturated rings. The van der Waals surface area contributed by atoms with Gasteiger partial charge in [-0.25, -0.2) is 9.37 Å². The van der Waals surface area contributed by atoms with E-state index in [1.54, 1.807) is 18.5 Å². The third-order valence-electron chi connectivity index (χ3n) is 4.80. The molecule has 0 bridgehead atoms. The molecule has 0 aliphatic carbocycles. The van der Waals surface area contributed by atoms with E-state index in [4.69, 9.17) is 0 Å². The van der Waals surface area contributed by atoms with Gasteiger partial charge in [-0.2, -0.15) is 0 Å². The van der Waals surface area contributed by atoms with Crippen molar-refractivity contribution in [3.05, 3.63) is 108 Å². The quantitative estimate of drug-likeness (QED) is 0.456. The number of hydrogen-bond donors (Lipinski definition) is 1. The number of aromatic amines is 1. The molecule has 0 aliphatic heterocycles. The van der Waals surface area contributed by atoms with Crippen molar-refractivity contribution in [1.82, 2.24) is 9.97 Å². The summed E-state index contributed by atoms with van der Waals surface area (Å²) in [7, 11) is 0.939. The Morgan fingerprint density at radius 1 is 0.897 bits per heavy atom. The number of benzene rings is 3. The first-order chi connectivity index (χ1) is 14.2. The van der Waals surface area contributed by atoms with Gasteiger partial charge in [0.25, 0.3) is 0 Å². The van der Waals surface area contributed by atoms with Crippen LogP contribution in [0.1, 0.15) is 18.1 Å². The number of imidazole rings is 1. The number of hydrogen-bond acceptors (Lipinski definition) is 1. The van der Waals surface area contributed by atoms with Crippen molar-refractivity contribution < 1.29 is 4.39 Å². The van der Waals surface area contributed by atoms with Crippen LogP contribution in [-0.4, -0.2) is 17.2 Å². The lowest BCUT2D eigenvalue weighted by molar-refractivity contribution is 0.629. The predicted octanol–water partition coefficient (Wildman–Crippen LogP) is 5.19. The van der Waals surface area contributed by atoms with E-state index in [1.165, 1.54) is 22.8 Å². The van der Waals surface area contributed by atoms with Crippen molar-refractivity contribution in [2.24, 2.45) is 0 Å². The van der Waals surface area contributed by atoms with E-state index in [2.05, 4.69) is 41.2 Å². The average molecular weight is 384 g/mol. The fourth-order valence-corrected chi connectivity index (χ4v) is 3.23. The van der Waals surface area contributed by atoms with Crippen LogP contribution in [0, 0.1) is 5.82 Å². The lowest BCUT2D eigenvalue weighted by Gasteiger charge is -2.03. The minimum Gasteiger partial charge on any atom is -0.345 e. The van der Waals surface area contributed by atoms with Crippen LogP contribution in [0.15, 0.2) is 91.4 Å². The third kappa shape index (κ3) is 6.76.